The first-order valence-electron chi connectivity index (χ1n) is 5.62. The van der Waals surface area contributed by atoms with Crippen molar-refractivity contribution in [2.75, 3.05) is 5.75 Å². The van der Waals surface area contributed by atoms with Crippen LogP contribution in [0.5, 0.6) is 0 Å². The van der Waals surface area contributed by atoms with E-state index in [4.69, 9.17) is 5.73 Å². The van der Waals surface area contributed by atoms with Gasteiger partial charge in [-0.3, -0.25) is 0 Å². The van der Waals surface area contributed by atoms with Crippen molar-refractivity contribution in [1.29, 1.82) is 0 Å². The van der Waals surface area contributed by atoms with Crippen molar-refractivity contribution < 1.29 is 8.42 Å². The van der Waals surface area contributed by atoms with E-state index in [0.29, 0.717) is 11.4 Å². The quantitative estimate of drug-likeness (QED) is 0.892. The summed E-state index contributed by atoms with van der Waals surface area (Å²) >= 11 is 1.40. The minimum Gasteiger partial charge on any atom is -0.321 e. The maximum absolute atomic E-state index is 11.7. The molecule has 0 atom stereocenters. The average Bonchev–Trinajstić information content (AvgIpc) is 2.44. The first-order valence-corrected chi connectivity index (χ1v) is 8.25. The van der Waals surface area contributed by atoms with Crippen LogP contribution in [0.25, 0.3) is 0 Å². The number of nitrogens with two attached hydrogens (primary N) is 1. The van der Waals surface area contributed by atoms with Gasteiger partial charge in [-0.15, -0.1) is 11.3 Å². The van der Waals surface area contributed by atoms with Crippen LogP contribution in [0.1, 0.15) is 42.8 Å². The van der Waals surface area contributed by atoms with E-state index >= 15 is 0 Å². The third-order valence-corrected chi connectivity index (χ3v) is 5.71. The summed E-state index contributed by atoms with van der Waals surface area (Å²) in [6, 6.07) is 0. The highest BCUT2D eigenvalue weighted by Gasteiger charge is 2.23. The molecule has 1 aromatic heterocycles. The smallest absolute Gasteiger partial charge is 0.156 e. The van der Waals surface area contributed by atoms with Crippen LogP contribution in [0.15, 0.2) is 0 Å². The molecule has 0 aromatic carbocycles. The van der Waals surface area contributed by atoms with E-state index in [1.54, 1.807) is 0 Å². The fourth-order valence-electron chi connectivity index (χ4n) is 1.68. The summed E-state index contributed by atoms with van der Waals surface area (Å²) in [5, 5.41) is 0.643. The molecule has 0 fully saturated rings. The van der Waals surface area contributed by atoms with Crippen LogP contribution < -0.4 is 5.73 Å². The zero-order valence-electron chi connectivity index (χ0n) is 10.8. The third-order valence-electron chi connectivity index (χ3n) is 2.28. The van der Waals surface area contributed by atoms with E-state index in [1.165, 1.54) is 11.3 Å². The van der Waals surface area contributed by atoms with Crippen LogP contribution in [0.4, 0.5) is 0 Å². The maximum Gasteiger partial charge on any atom is 0.156 e. The van der Waals surface area contributed by atoms with Crippen LogP contribution >= 0.6 is 11.3 Å². The summed E-state index contributed by atoms with van der Waals surface area (Å²) < 4.78 is 23.4. The molecule has 0 aliphatic carbocycles. The van der Waals surface area contributed by atoms with Crippen molar-refractivity contribution in [1.82, 2.24) is 4.98 Å². The van der Waals surface area contributed by atoms with E-state index in [1.807, 2.05) is 27.7 Å². The Hall–Kier alpha value is -0.460. The molecule has 0 bridgehead atoms. The number of thiazole rings is 1. The fourth-order valence-corrected chi connectivity index (χ4v) is 4.54. The fraction of sp³-hybridized carbons (Fsp3) is 0.727. The van der Waals surface area contributed by atoms with Gasteiger partial charge in [0.15, 0.2) is 9.84 Å². The summed E-state index contributed by atoms with van der Waals surface area (Å²) in [4.78, 5) is 5.26. The van der Waals surface area contributed by atoms with Crippen molar-refractivity contribution in [3.05, 3.63) is 15.6 Å². The number of aromatic nitrogens is 1. The van der Waals surface area contributed by atoms with Gasteiger partial charge in [0.1, 0.15) is 10.8 Å². The molecule has 0 spiro atoms. The SMILES string of the molecule is CCCS(=O)(=O)Cc1nc(C)c(C(C)(C)N)s1. The van der Waals surface area contributed by atoms with Crippen molar-refractivity contribution in [3.63, 3.8) is 0 Å². The summed E-state index contributed by atoms with van der Waals surface area (Å²) in [7, 11) is -3.03. The Kier molecular flexibility index (Phi) is 4.33. The average molecular weight is 276 g/mol. The van der Waals surface area contributed by atoms with Gasteiger partial charge in [0.05, 0.1) is 11.4 Å². The molecule has 2 N–H and O–H groups in total. The van der Waals surface area contributed by atoms with Crippen molar-refractivity contribution >= 4 is 21.2 Å². The molecular weight excluding hydrogens is 256 g/mol. The Morgan fingerprint density at radius 1 is 1.41 bits per heavy atom. The minimum atomic E-state index is -3.03. The lowest BCUT2D eigenvalue weighted by Crippen LogP contribution is -2.28. The van der Waals surface area contributed by atoms with Crippen LogP contribution in [0.2, 0.25) is 0 Å². The summed E-state index contributed by atoms with van der Waals surface area (Å²) in [6.07, 6.45) is 0.641. The lowest BCUT2D eigenvalue weighted by molar-refractivity contribution is 0.562. The van der Waals surface area contributed by atoms with Crippen LogP contribution in [0, 0.1) is 6.92 Å². The van der Waals surface area contributed by atoms with Gasteiger partial charge in [-0.05, 0) is 27.2 Å². The molecule has 6 heteroatoms. The molecule has 0 amide bonds. The molecular formula is C11H20N2O2S2. The molecule has 0 aliphatic rings. The number of rotatable bonds is 5. The summed E-state index contributed by atoms with van der Waals surface area (Å²) in [6.45, 7) is 7.53. The molecule has 0 aliphatic heterocycles. The Bertz CT molecular complexity index is 484. The number of sulfone groups is 1. The third kappa shape index (κ3) is 4.04. The van der Waals surface area contributed by atoms with E-state index < -0.39 is 15.4 Å². The summed E-state index contributed by atoms with van der Waals surface area (Å²) in [5.74, 6) is 0.245. The van der Waals surface area contributed by atoms with Gasteiger partial charge in [0.2, 0.25) is 0 Å². The second-order valence-corrected chi connectivity index (χ2v) is 8.10. The summed E-state index contributed by atoms with van der Waals surface area (Å²) in [5.41, 5.74) is 6.39. The first kappa shape index (κ1) is 14.6. The van der Waals surface area contributed by atoms with Gasteiger partial charge < -0.3 is 5.73 Å². The van der Waals surface area contributed by atoms with E-state index in [2.05, 4.69) is 4.98 Å². The lowest BCUT2D eigenvalue weighted by Gasteiger charge is -2.16. The zero-order valence-corrected chi connectivity index (χ0v) is 12.4. The standard InChI is InChI=1S/C11H20N2O2S2/c1-5-6-17(14,15)7-9-13-8(2)10(16-9)11(3,4)12/h5-7,12H2,1-4H3. The number of nitrogens with zero attached hydrogens (tertiary/aromatic N) is 1. The van der Waals surface area contributed by atoms with Gasteiger partial charge in [0.25, 0.3) is 0 Å². The Labute approximate surface area is 107 Å². The van der Waals surface area contributed by atoms with Gasteiger partial charge in [0, 0.05) is 10.4 Å². The monoisotopic (exact) mass is 276 g/mol. The molecule has 1 rings (SSSR count). The highest BCUT2D eigenvalue weighted by Crippen LogP contribution is 2.28. The van der Waals surface area contributed by atoms with Crippen LogP contribution in [0.3, 0.4) is 0 Å². The largest absolute Gasteiger partial charge is 0.321 e. The molecule has 1 aromatic rings. The molecule has 0 saturated heterocycles. The predicted octanol–water partition coefficient (Wildman–Crippen LogP) is 1.97. The van der Waals surface area contributed by atoms with E-state index in [-0.39, 0.29) is 11.5 Å². The minimum absolute atomic E-state index is 0.0302. The second-order valence-electron chi connectivity index (χ2n) is 4.84. The van der Waals surface area contributed by atoms with Crippen molar-refractivity contribution in [2.24, 2.45) is 5.73 Å². The van der Waals surface area contributed by atoms with Gasteiger partial charge in [-0.25, -0.2) is 13.4 Å². The maximum atomic E-state index is 11.7. The molecule has 0 radical (unpaired) electrons. The molecule has 0 saturated carbocycles. The highest BCUT2D eigenvalue weighted by atomic mass is 32.2. The zero-order chi connectivity index (χ0) is 13.3. The van der Waals surface area contributed by atoms with Crippen molar-refractivity contribution in [2.45, 2.75) is 45.4 Å². The van der Waals surface area contributed by atoms with E-state index in [9.17, 15) is 8.42 Å². The topological polar surface area (TPSA) is 73.0 Å². The predicted molar refractivity (Wildman–Crippen MR) is 71.8 cm³/mol. The second kappa shape index (κ2) is 5.04. The van der Waals surface area contributed by atoms with Crippen molar-refractivity contribution in [3.8, 4) is 0 Å². The highest BCUT2D eigenvalue weighted by molar-refractivity contribution is 7.90. The molecule has 17 heavy (non-hydrogen) atoms. The van der Waals surface area contributed by atoms with Gasteiger partial charge >= 0.3 is 0 Å². The van der Waals surface area contributed by atoms with Gasteiger partial charge in [-0.1, -0.05) is 6.92 Å². The molecule has 98 valence electrons. The lowest BCUT2D eigenvalue weighted by atomic mass is 10.0. The van der Waals surface area contributed by atoms with E-state index in [0.717, 1.165) is 10.6 Å². The van der Waals surface area contributed by atoms with Crippen LogP contribution in [-0.2, 0) is 21.1 Å². The number of aryl methyl sites for hydroxylation is 1. The molecule has 4 nitrogen and oxygen atoms in total. The molecule has 0 unspecified atom stereocenters. The first-order chi connectivity index (χ1) is 7.65. The Morgan fingerprint density at radius 3 is 2.41 bits per heavy atom. The normalized spacial score (nSPS) is 13.0. The van der Waals surface area contributed by atoms with Gasteiger partial charge in [-0.2, -0.15) is 0 Å². The number of hydrogen-bond donors (Lipinski definition) is 1. The Morgan fingerprint density at radius 2 is 2.00 bits per heavy atom. The van der Waals surface area contributed by atoms with Crippen LogP contribution in [-0.4, -0.2) is 19.2 Å². The Balaban J connectivity index is 2.96. The molecule has 1 heterocycles. The number of hydrogen-bond acceptors (Lipinski definition) is 5.